The van der Waals surface area contributed by atoms with Gasteiger partial charge in [-0.25, -0.2) is 0 Å². The third kappa shape index (κ3) is 2.51. The molecule has 0 saturated carbocycles. The molecule has 2 aromatic rings. The highest BCUT2D eigenvalue weighted by atomic mass is 16.1. The van der Waals surface area contributed by atoms with Crippen molar-refractivity contribution in [3.8, 4) is 12.3 Å². The Balaban J connectivity index is 2.29. The van der Waals surface area contributed by atoms with Crippen molar-refractivity contribution in [3.05, 3.63) is 42.2 Å². The van der Waals surface area contributed by atoms with Gasteiger partial charge in [-0.1, -0.05) is 24.3 Å². The summed E-state index contributed by atoms with van der Waals surface area (Å²) in [6.45, 7) is 0. The van der Waals surface area contributed by atoms with E-state index in [1.165, 1.54) is 0 Å². The summed E-state index contributed by atoms with van der Waals surface area (Å²) in [4.78, 5) is 16.2. The van der Waals surface area contributed by atoms with Crippen LogP contribution >= 0.6 is 0 Å². The maximum atomic E-state index is 12.0. The molecule has 17 heavy (non-hydrogen) atoms. The summed E-state index contributed by atoms with van der Waals surface area (Å²) in [5.74, 6) is 2.61. The van der Waals surface area contributed by atoms with E-state index in [1.54, 1.807) is 6.20 Å². The van der Waals surface area contributed by atoms with Gasteiger partial charge in [-0.15, -0.1) is 12.3 Å². The Hall–Kier alpha value is -2.14. The number of fused-ring (bicyclic) bond motifs is 1. The number of terminal acetylenes is 1. The summed E-state index contributed by atoms with van der Waals surface area (Å²) >= 11 is 0. The molecule has 1 heterocycles. The number of nitrogens with zero attached hydrogens (tertiary/aromatic N) is 1. The van der Waals surface area contributed by atoms with E-state index in [0.717, 1.165) is 17.2 Å². The third-order valence-corrected chi connectivity index (χ3v) is 2.66. The zero-order chi connectivity index (χ0) is 12.1. The average molecular weight is 223 g/mol. The van der Waals surface area contributed by atoms with Gasteiger partial charge in [-0.2, -0.15) is 0 Å². The highest BCUT2D eigenvalue weighted by molar-refractivity contribution is 6.06. The lowest BCUT2D eigenvalue weighted by Gasteiger charge is -2.03. The molecule has 1 aromatic carbocycles. The van der Waals surface area contributed by atoms with Crippen LogP contribution in [0, 0.1) is 12.3 Å². The molecular weight excluding hydrogens is 210 g/mol. The largest absolute Gasteiger partial charge is 0.292 e. The van der Waals surface area contributed by atoms with E-state index in [2.05, 4.69) is 10.9 Å². The van der Waals surface area contributed by atoms with Gasteiger partial charge in [-0.05, 0) is 17.9 Å². The first kappa shape index (κ1) is 11.3. The minimum Gasteiger partial charge on any atom is -0.292 e. The summed E-state index contributed by atoms with van der Waals surface area (Å²) in [5, 5.41) is 1.96. The van der Waals surface area contributed by atoms with Crippen LogP contribution in [0.1, 0.15) is 29.8 Å². The highest BCUT2D eigenvalue weighted by Crippen LogP contribution is 2.18. The van der Waals surface area contributed by atoms with Crippen molar-refractivity contribution >= 4 is 16.6 Å². The molecule has 0 amide bonds. The van der Waals surface area contributed by atoms with Crippen LogP contribution in [-0.4, -0.2) is 10.8 Å². The lowest BCUT2D eigenvalue weighted by Crippen LogP contribution is -2.02. The number of Topliss-reactive ketones (excluding diaryl/α,β-unsaturated/α-hetero) is 1. The molecule has 0 saturated heterocycles. The topological polar surface area (TPSA) is 30.0 Å². The Morgan fingerprint density at radius 3 is 2.94 bits per heavy atom. The van der Waals surface area contributed by atoms with E-state index < -0.39 is 0 Å². The Kier molecular flexibility index (Phi) is 3.52. The Morgan fingerprint density at radius 1 is 1.29 bits per heavy atom. The average Bonchev–Trinajstić information content (AvgIpc) is 2.38. The predicted octanol–water partition coefficient (Wildman–Crippen LogP) is 3.22. The van der Waals surface area contributed by atoms with Gasteiger partial charge in [0.1, 0.15) is 5.69 Å². The van der Waals surface area contributed by atoms with Gasteiger partial charge in [0.2, 0.25) is 0 Å². The van der Waals surface area contributed by atoms with Crippen LogP contribution in [0.4, 0.5) is 0 Å². The number of carbonyl (C=O) groups is 1. The minimum atomic E-state index is 0.0667. The van der Waals surface area contributed by atoms with Crippen molar-refractivity contribution in [2.24, 2.45) is 0 Å². The number of benzene rings is 1. The molecule has 2 heteroatoms. The number of carbonyl (C=O) groups excluding carboxylic acids is 1. The molecule has 0 bridgehead atoms. The molecule has 2 rings (SSSR count). The summed E-state index contributed by atoms with van der Waals surface area (Å²) in [6.07, 6.45) is 8.67. The van der Waals surface area contributed by atoms with E-state index in [4.69, 9.17) is 6.42 Å². The first-order valence-corrected chi connectivity index (χ1v) is 5.63. The SMILES string of the molecule is C#CCCCC(=O)c1nccc2ccccc12. The fourth-order valence-corrected chi connectivity index (χ4v) is 1.81. The molecule has 0 aliphatic heterocycles. The van der Waals surface area contributed by atoms with Crippen molar-refractivity contribution in [1.82, 2.24) is 4.98 Å². The van der Waals surface area contributed by atoms with Crippen molar-refractivity contribution in [2.75, 3.05) is 0 Å². The molecule has 0 aliphatic rings. The second kappa shape index (κ2) is 5.27. The maximum Gasteiger partial charge on any atom is 0.181 e. The fraction of sp³-hybridized carbons (Fsp3) is 0.200. The molecule has 0 aliphatic carbocycles. The van der Waals surface area contributed by atoms with Crippen LogP contribution in [0.25, 0.3) is 10.8 Å². The summed E-state index contributed by atoms with van der Waals surface area (Å²) < 4.78 is 0. The van der Waals surface area contributed by atoms with Crippen LogP contribution < -0.4 is 0 Å². The molecule has 1 aromatic heterocycles. The molecule has 0 unspecified atom stereocenters. The highest BCUT2D eigenvalue weighted by Gasteiger charge is 2.10. The Morgan fingerprint density at radius 2 is 2.12 bits per heavy atom. The van der Waals surface area contributed by atoms with Crippen molar-refractivity contribution in [2.45, 2.75) is 19.3 Å². The Labute approximate surface area is 101 Å². The standard InChI is InChI=1S/C15H13NO/c1-2-3-4-9-14(17)15-13-8-6-5-7-12(13)10-11-16-15/h1,5-8,10-11H,3-4,9H2. The van der Waals surface area contributed by atoms with Gasteiger partial charge in [0, 0.05) is 24.4 Å². The maximum absolute atomic E-state index is 12.0. The quantitative estimate of drug-likeness (QED) is 0.452. The zero-order valence-corrected chi connectivity index (χ0v) is 9.52. The normalized spacial score (nSPS) is 10.1. The predicted molar refractivity (Wildman–Crippen MR) is 68.8 cm³/mol. The number of aromatic nitrogens is 1. The lowest BCUT2D eigenvalue weighted by molar-refractivity contribution is 0.0977. The van der Waals surface area contributed by atoms with E-state index in [9.17, 15) is 4.79 Å². The van der Waals surface area contributed by atoms with Crippen LogP contribution in [0.15, 0.2) is 36.5 Å². The van der Waals surface area contributed by atoms with E-state index >= 15 is 0 Å². The van der Waals surface area contributed by atoms with Crippen molar-refractivity contribution in [3.63, 3.8) is 0 Å². The van der Waals surface area contributed by atoms with Crippen LogP contribution in [-0.2, 0) is 0 Å². The Bertz CT molecular complexity index is 575. The number of ketones is 1. The summed E-state index contributed by atoms with van der Waals surface area (Å²) in [6, 6.07) is 9.69. The molecule has 0 radical (unpaired) electrons. The molecule has 84 valence electrons. The third-order valence-electron chi connectivity index (χ3n) is 2.66. The number of hydrogen-bond donors (Lipinski definition) is 0. The van der Waals surface area contributed by atoms with Gasteiger partial charge in [0.25, 0.3) is 0 Å². The first-order valence-electron chi connectivity index (χ1n) is 5.63. The van der Waals surface area contributed by atoms with Crippen LogP contribution in [0.3, 0.4) is 0 Å². The van der Waals surface area contributed by atoms with Crippen molar-refractivity contribution in [1.29, 1.82) is 0 Å². The molecule has 2 nitrogen and oxygen atoms in total. The number of unbranched alkanes of at least 4 members (excludes halogenated alkanes) is 1. The lowest BCUT2D eigenvalue weighted by atomic mass is 10.0. The first-order chi connectivity index (χ1) is 8.33. The van der Waals surface area contributed by atoms with Crippen LogP contribution in [0.2, 0.25) is 0 Å². The molecule has 0 fully saturated rings. The number of hydrogen-bond acceptors (Lipinski definition) is 2. The molecule has 0 spiro atoms. The van der Waals surface area contributed by atoms with E-state index in [-0.39, 0.29) is 5.78 Å². The number of rotatable bonds is 4. The van der Waals surface area contributed by atoms with E-state index in [1.807, 2.05) is 30.3 Å². The summed E-state index contributed by atoms with van der Waals surface area (Å²) in [7, 11) is 0. The van der Waals surface area contributed by atoms with Gasteiger partial charge in [0.15, 0.2) is 5.78 Å². The number of pyridine rings is 1. The monoisotopic (exact) mass is 223 g/mol. The zero-order valence-electron chi connectivity index (χ0n) is 9.52. The van der Waals surface area contributed by atoms with E-state index in [0.29, 0.717) is 18.5 Å². The minimum absolute atomic E-state index is 0.0667. The second-order valence-electron chi connectivity index (χ2n) is 3.86. The molecule has 0 N–H and O–H groups in total. The van der Waals surface area contributed by atoms with Gasteiger partial charge in [0.05, 0.1) is 0 Å². The van der Waals surface area contributed by atoms with Gasteiger partial charge in [-0.3, -0.25) is 9.78 Å². The fourth-order valence-electron chi connectivity index (χ4n) is 1.81. The van der Waals surface area contributed by atoms with Crippen LogP contribution in [0.5, 0.6) is 0 Å². The van der Waals surface area contributed by atoms with Gasteiger partial charge >= 0.3 is 0 Å². The van der Waals surface area contributed by atoms with Crippen molar-refractivity contribution < 1.29 is 4.79 Å². The smallest absolute Gasteiger partial charge is 0.181 e. The summed E-state index contributed by atoms with van der Waals surface area (Å²) in [5.41, 5.74) is 0.556. The van der Waals surface area contributed by atoms with Gasteiger partial charge < -0.3 is 0 Å². The second-order valence-corrected chi connectivity index (χ2v) is 3.86. The molecule has 0 atom stereocenters. The molecular formula is C15H13NO.